The van der Waals surface area contributed by atoms with E-state index in [2.05, 4.69) is 217 Å². The van der Waals surface area contributed by atoms with Gasteiger partial charge in [-0.15, -0.1) is 0 Å². The molecule has 0 fully saturated rings. The second kappa shape index (κ2) is 12.3. The van der Waals surface area contributed by atoms with Crippen LogP contribution in [0.1, 0.15) is 22.3 Å². The molecule has 0 saturated carbocycles. The summed E-state index contributed by atoms with van der Waals surface area (Å²) in [5, 5.41) is 7.35. The maximum atomic E-state index is 6.94. The first kappa shape index (κ1) is 31.9. The number of ether oxygens (including phenoxy) is 1. The third kappa shape index (κ3) is 4.59. The molecule has 0 saturated heterocycles. The first-order valence-corrected chi connectivity index (χ1v) is 19.7. The summed E-state index contributed by atoms with van der Waals surface area (Å²) < 4.78 is 6.94. The molecule has 0 bridgehead atoms. The van der Waals surface area contributed by atoms with E-state index in [1.165, 1.54) is 65.7 Å². The zero-order valence-corrected chi connectivity index (χ0v) is 31.1. The number of rotatable bonds is 4. The van der Waals surface area contributed by atoms with Gasteiger partial charge in [0.2, 0.25) is 0 Å². The Hall–Kier alpha value is -7.42. The van der Waals surface area contributed by atoms with Gasteiger partial charge in [0, 0.05) is 28.1 Å². The highest BCUT2D eigenvalue weighted by Gasteiger charge is 2.49. The van der Waals surface area contributed by atoms with Crippen LogP contribution in [0.5, 0.6) is 11.5 Å². The lowest BCUT2D eigenvalue weighted by molar-refractivity contribution is 0.435. The third-order valence-corrected chi connectivity index (χ3v) is 12.3. The molecule has 2 heteroatoms. The molecular formula is C55H35NO. The summed E-state index contributed by atoms with van der Waals surface area (Å²) >= 11 is 0. The molecule has 266 valence electrons. The minimum Gasteiger partial charge on any atom is -0.457 e. The van der Waals surface area contributed by atoms with Gasteiger partial charge in [-0.2, -0.15) is 0 Å². The number of para-hydroxylation sites is 1. The highest BCUT2D eigenvalue weighted by Crippen LogP contribution is 2.62. The van der Waals surface area contributed by atoms with Crippen LogP contribution >= 0.6 is 0 Å². The predicted octanol–water partition coefficient (Wildman–Crippen LogP) is 14.8. The molecule has 1 aliphatic heterocycles. The molecule has 0 radical (unpaired) electrons. The van der Waals surface area contributed by atoms with Crippen molar-refractivity contribution >= 4 is 49.4 Å². The molecule has 12 rings (SSSR count). The van der Waals surface area contributed by atoms with Crippen molar-refractivity contribution in [3.05, 3.63) is 235 Å². The molecule has 0 amide bonds. The predicted molar refractivity (Wildman–Crippen MR) is 236 cm³/mol. The lowest BCUT2D eigenvalue weighted by Gasteiger charge is -2.45. The van der Waals surface area contributed by atoms with E-state index in [-0.39, 0.29) is 0 Å². The van der Waals surface area contributed by atoms with Gasteiger partial charge in [0.15, 0.2) is 0 Å². The zero-order valence-electron chi connectivity index (χ0n) is 31.1. The summed E-state index contributed by atoms with van der Waals surface area (Å²) in [7, 11) is 0. The van der Waals surface area contributed by atoms with Crippen molar-refractivity contribution in [1.29, 1.82) is 0 Å². The lowest BCUT2D eigenvalue weighted by atomic mass is 9.58. The second-order valence-corrected chi connectivity index (χ2v) is 15.2. The van der Waals surface area contributed by atoms with Gasteiger partial charge in [0.25, 0.3) is 0 Å². The van der Waals surface area contributed by atoms with Gasteiger partial charge in [-0.1, -0.05) is 170 Å². The number of fused-ring (bicyclic) bond motifs is 10. The third-order valence-electron chi connectivity index (χ3n) is 12.3. The number of benzene rings is 10. The van der Waals surface area contributed by atoms with Gasteiger partial charge >= 0.3 is 0 Å². The monoisotopic (exact) mass is 725 g/mol. The molecular weight excluding hydrogens is 691 g/mol. The molecule has 1 aliphatic carbocycles. The van der Waals surface area contributed by atoms with Crippen molar-refractivity contribution in [2.24, 2.45) is 0 Å². The van der Waals surface area contributed by atoms with Gasteiger partial charge < -0.3 is 9.64 Å². The Kier molecular flexibility index (Phi) is 6.88. The molecule has 0 N–H and O–H groups in total. The minimum absolute atomic E-state index is 0.647. The smallest absolute Gasteiger partial charge is 0.132 e. The highest BCUT2D eigenvalue weighted by atomic mass is 16.5. The Morgan fingerprint density at radius 2 is 0.982 bits per heavy atom. The average molecular weight is 726 g/mol. The summed E-state index contributed by atoms with van der Waals surface area (Å²) in [5.41, 5.74) is 12.3. The van der Waals surface area contributed by atoms with E-state index in [4.69, 9.17) is 4.74 Å². The maximum absolute atomic E-state index is 6.94. The number of anilines is 3. The zero-order chi connectivity index (χ0) is 37.5. The molecule has 10 aromatic rings. The van der Waals surface area contributed by atoms with Crippen molar-refractivity contribution in [2.75, 3.05) is 4.90 Å². The molecule has 0 aromatic heterocycles. The summed E-state index contributed by atoms with van der Waals surface area (Å²) in [6.07, 6.45) is 0. The van der Waals surface area contributed by atoms with Gasteiger partial charge in [0.05, 0.1) is 11.1 Å². The second-order valence-electron chi connectivity index (χ2n) is 15.2. The number of hydrogen-bond donors (Lipinski definition) is 0. The highest BCUT2D eigenvalue weighted by molar-refractivity contribution is 6.07. The van der Waals surface area contributed by atoms with Gasteiger partial charge in [-0.3, -0.25) is 0 Å². The molecule has 2 aliphatic rings. The van der Waals surface area contributed by atoms with Crippen molar-refractivity contribution < 1.29 is 4.74 Å². The van der Waals surface area contributed by atoms with Gasteiger partial charge in [-0.25, -0.2) is 0 Å². The Morgan fingerprint density at radius 1 is 0.368 bits per heavy atom. The maximum Gasteiger partial charge on any atom is 0.132 e. The molecule has 1 spiro atoms. The van der Waals surface area contributed by atoms with Crippen molar-refractivity contribution in [3.63, 3.8) is 0 Å². The van der Waals surface area contributed by atoms with Crippen molar-refractivity contribution in [3.8, 4) is 33.8 Å². The van der Waals surface area contributed by atoms with E-state index < -0.39 is 5.41 Å². The standard InChI is InChI=1S/C55H35NO/c1-2-16-39(17-3-1)54-43-21-7-6-15-37(43)29-32-50(54)56(41-30-28-36-14-4-5-18-40(36)34-41)42-31-33-52-49(35-42)55(47-25-10-11-27-51(47)57-52)46-24-9-8-22-44(46)45-23-12-19-38-20-13-26-48(55)53(38)45/h1-35H. The largest absolute Gasteiger partial charge is 0.457 e. The summed E-state index contributed by atoms with van der Waals surface area (Å²) in [4.78, 5) is 2.46. The Labute approximate surface area is 331 Å². The van der Waals surface area contributed by atoms with Crippen LogP contribution in [0.15, 0.2) is 212 Å². The van der Waals surface area contributed by atoms with Crippen LogP contribution in [0.25, 0.3) is 54.6 Å². The molecule has 57 heavy (non-hydrogen) atoms. The van der Waals surface area contributed by atoms with E-state index in [1.807, 2.05) is 0 Å². The fraction of sp³-hybridized carbons (Fsp3) is 0.0182. The van der Waals surface area contributed by atoms with Crippen LogP contribution < -0.4 is 9.64 Å². The summed E-state index contributed by atoms with van der Waals surface area (Å²) in [6, 6.07) is 77.6. The van der Waals surface area contributed by atoms with Crippen LogP contribution in [-0.4, -0.2) is 0 Å². The normalized spacial score (nSPS) is 14.9. The van der Waals surface area contributed by atoms with E-state index in [0.717, 1.165) is 39.7 Å². The van der Waals surface area contributed by atoms with Crippen molar-refractivity contribution in [1.82, 2.24) is 0 Å². The molecule has 1 heterocycles. The van der Waals surface area contributed by atoms with Crippen LogP contribution in [0.3, 0.4) is 0 Å². The molecule has 1 unspecified atom stereocenters. The lowest BCUT2D eigenvalue weighted by Crippen LogP contribution is -2.36. The summed E-state index contributed by atoms with van der Waals surface area (Å²) in [5.74, 6) is 1.75. The first-order valence-electron chi connectivity index (χ1n) is 19.7. The summed E-state index contributed by atoms with van der Waals surface area (Å²) in [6.45, 7) is 0. The van der Waals surface area contributed by atoms with Gasteiger partial charge in [0.1, 0.15) is 11.5 Å². The Morgan fingerprint density at radius 3 is 1.88 bits per heavy atom. The topological polar surface area (TPSA) is 12.5 Å². The van der Waals surface area contributed by atoms with Crippen LogP contribution in [-0.2, 0) is 5.41 Å². The van der Waals surface area contributed by atoms with E-state index in [1.54, 1.807) is 0 Å². The van der Waals surface area contributed by atoms with Crippen LogP contribution in [0.2, 0.25) is 0 Å². The fourth-order valence-electron chi connectivity index (χ4n) is 9.91. The van der Waals surface area contributed by atoms with E-state index >= 15 is 0 Å². The van der Waals surface area contributed by atoms with Crippen LogP contribution in [0.4, 0.5) is 17.1 Å². The van der Waals surface area contributed by atoms with Gasteiger partial charge in [-0.05, 0) is 103 Å². The van der Waals surface area contributed by atoms with E-state index in [0.29, 0.717) is 0 Å². The first-order chi connectivity index (χ1) is 28.3. The average Bonchev–Trinajstić information content (AvgIpc) is 3.28. The van der Waals surface area contributed by atoms with Crippen molar-refractivity contribution in [2.45, 2.75) is 5.41 Å². The SMILES string of the molecule is c1ccc(-c2c(N(c3ccc4c(c3)C3(c5ccccc5O4)c4ccccc4-c4cccc5cccc3c45)c3ccc4ccccc4c3)ccc3ccccc23)cc1. The van der Waals surface area contributed by atoms with E-state index in [9.17, 15) is 0 Å². The molecule has 10 aromatic carbocycles. The number of nitrogens with zero attached hydrogens (tertiary/aromatic N) is 1. The minimum atomic E-state index is -0.647. The number of hydrogen-bond acceptors (Lipinski definition) is 2. The molecule has 2 nitrogen and oxygen atoms in total. The van der Waals surface area contributed by atoms with Crippen LogP contribution in [0, 0.1) is 0 Å². The Balaban J connectivity index is 1.20. The fourth-order valence-corrected chi connectivity index (χ4v) is 9.91. The molecule has 1 atom stereocenters. The Bertz CT molecular complexity index is 3230. The quantitative estimate of drug-likeness (QED) is 0.179.